The van der Waals surface area contributed by atoms with Crippen LogP contribution in [0.25, 0.3) is 0 Å². The maximum absolute atomic E-state index is 11.8. The van der Waals surface area contributed by atoms with Crippen molar-refractivity contribution in [3.63, 3.8) is 0 Å². The zero-order valence-corrected chi connectivity index (χ0v) is 14.7. The van der Waals surface area contributed by atoms with E-state index in [0.717, 1.165) is 5.69 Å². The van der Waals surface area contributed by atoms with Gasteiger partial charge in [-0.15, -0.1) is 11.3 Å². The fourth-order valence-electron chi connectivity index (χ4n) is 2.88. The van der Waals surface area contributed by atoms with Crippen LogP contribution >= 0.6 is 11.3 Å². The lowest BCUT2D eigenvalue weighted by atomic mass is 10.1. The first kappa shape index (κ1) is 17.4. The maximum atomic E-state index is 11.8. The molecule has 0 radical (unpaired) electrons. The van der Waals surface area contributed by atoms with Crippen LogP contribution in [-0.2, 0) is 11.4 Å². The zero-order chi connectivity index (χ0) is 17.6. The van der Waals surface area contributed by atoms with Crippen LogP contribution < -0.4 is 15.8 Å². The fourth-order valence-corrected chi connectivity index (χ4v) is 3.85. The van der Waals surface area contributed by atoms with Crippen LogP contribution in [-0.4, -0.2) is 23.3 Å². The lowest BCUT2D eigenvalue weighted by Crippen LogP contribution is -2.33. The number of ether oxygens (including phenoxy) is 1. The van der Waals surface area contributed by atoms with E-state index in [1.165, 1.54) is 30.7 Å². The molecule has 0 saturated heterocycles. The van der Waals surface area contributed by atoms with Gasteiger partial charge >= 0.3 is 0 Å². The number of aromatic nitrogens is 1. The quantitative estimate of drug-likeness (QED) is 0.794. The lowest BCUT2D eigenvalue weighted by molar-refractivity contribution is -0.117. The Balaban J connectivity index is 1.51. The molecule has 1 aromatic heterocycles. The van der Waals surface area contributed by atoms with Gasteiger partial charge < -0.3 is 15.8 Å². The maximum Gasteiger partial charge on any atom is 0.251 e. The second-order valence-corrected chi connectivity index (χ2v) is 7.01. The zero-order valence-electron chi connectivity index (χ0n) is 13.9. The van der Waals surface area contributed by atoms with Crippen LogP contribution in [0.5, 0.6) is 5.75 Å². The van der Waals surface area contributed by atoms with Gasteiger partial charge in [0.2, 0.25) is 5.91 Å². The van der Waals surface area contributed by atoms with E-state index >= 15 is 0 Å². The minimum absolute atomic E-state index is 0.176. The van der Waals surface area contributed by atoms with E-state index in [9.17, 15) is 9.59 Å². The van der Waals surface area contributed by atoms with Gasteiger partial charge in [-0.2, -0.15) is 0 Å². The number of hydrogen-bond donors (Lipinski definition) is 2. The van der Waals surface area contributed by atoms with Crippen LogP contribution in [0.4, 0.5) is 0 Å². The number of nitrogens with two attached hydrogens (primary N) is 1. The molecule has 2 amide bonds. The molecule has 6 nitrogen and oxygen atoms in total. The molecule has 1 saturated carbocycles. The third-order valence-electron chi connectivity index (χ3n) is 4.20. The Morgan fingerprint density at radius 2 is 1.96 bits per heavy atom. The fraction of sp³-hybridized carbons (Fsp3) is 0.389. The van der Waals surface area contributed by atoms with Crippen molar-refractivity contribution in [2.45, 2.75) is 38.2 Å². The molecule has 1 aromatic carbocycles. The molecule has 1 aliphatic carbocycles. The van der Waals surface area contributed by atoms with Crippen LogP contribution in [0.1, 0.15) is 52.7 Å². The van der Waals surface area contributed by atoms with Gasteiger partial charge in [0, 0.05) is 16.9 Å². The third-order valence-corrected chi connectivity index (χ3v) is 5.26. The van der Waals surface area contributed by atoms with Gasteiger partial charge in [-0.25, -0.2) is 4.98 Å². The van der Waals surface area contributed by atoms with Crippen molar-refractivity contribution in [3.05, 3.63) is 45.9 Å². The molecule has 2 aromatic rings. The molecule has 1 aliphatic rings. The molecule has 0 unspecified atom stereocenters. The summed E-state index contributed by atoms with van der Waals surface area (Å²) in [5.41, 5.74) is 6.39. The van der Waals surface area contributed by atoms with Crippen LogP contribution in [0.3, 0.4) is 0 Å². The average molecular weight is 359 g/mol. The first-order chi connectivity index (χ1) is 12.1. The van der Waals surface area contributed by atoms with Gasteiger partial charge in [0.1, 0.15) is 12.4 Å². The minimum Gasteiger partial charge on any atom is -0.487 e. The van der Waals surface area contributed by atoms with Gasteiger partial charge in [-0.05, 0) is 37.1 Å². The molecule has 3 rings (SSSR count). The molecule has 0 atom stereocenters. The highest BCUT2D eigenvalue weighted by atomic mass is 32.1. The van der Waals surface area contributed by atoms with Crippen LogP contribution in [0, 0.1) is 0 Å². The molecule has 132 valence electrons. The molecule has 1 fully saturated rings. The second kappa shape index (κ2) is 8.11. The predicted octanol–water partition coefficient (Wildman–Crippen LogP) is 2.59. The Morgan fingerprint density at radius 3 is 2.64 bits per heavy atom. The molecule has 0 aliphatic heterocycles. The Bertz CT molecular complexity index is 736. The number of nitrogens with zero attached hydrogens (tertiary/aromatic N) is 1. The molecule has 7 heteroatoms. The number of hydrogen-bond acceptors (Lipinski definition) is 5. The average Bonchev–Trinajstić information content (AvgIpc) is 3.29. The standard InChI is InChI=1S/C18H21N3O3S/c19-16(22)9-20-17(23)12-5-7-15(8-6-12)24-10-14-11-25-18(21-14)13-3-1-2-4-13/h5-8,11,13H,1-4,9-10H2,(H2,19,22)(H,20,23). The smallest absolute Gasteiger partial charge is 0.251 e. The van der Waals surface area contributed by atoms with Gasteiger partial charge in [0.15, 0.2) is 0 Å². The van der Waals surface area contributed by atoms with E-state index in [-0.39, 0.29) is 12.5 Å². The van der Waals surface area contributed by atoms with Crippen molar-refractivity contribution in [2.75, 3.05) is 6.54 Å². The van der Waals surface area contributed by atoms with E-state index in [1.54, 1.807) is 35.6 Å². The number of amides is 2. The summed E-state index contributed by atoms with van der Waals surface area (Å²) in [6, 6.07) is 6.75. The summed E-state index contributed by atoms with van der Waals surface area (Å²) in [7, 11) is 0. The number of thiazole rings is 1. The van der Waals surface area contributed by atoms with Crippen molar-refractivity contribution in [2.24, 2.45) is 5.73 Å². The van der Waals surface area contributed by atoms with Crippen LogP contribution in [0.15, 0.2) is 29.6 Å². The third kappa shape index (κ3) is 4.79. The molecule has 3 N–H and O–H groups in total. The first-order valence-corrected chi connectivity index (χ1v) is 9.23. The summed E-state index contributed by atoms with van der Waals surface area (Å²) < 4.78 is 5.74. The molecule has 25 heavy (non-hydrogen) atoms. The number of carbonyl (C=O) groups excluding carboxylic acids is 2. The summed E-state index contributed by atoms with van der Waals surface area (Å²) >= 11 is 1.71. The second-order valence-electron chi connectivity index (χ2n) is 6.12. The summed E-state index contributed by atoms with van der Waals surface area (Å²) in [5, 5.41) is 5.72. The van der Waals surface area contributed by atoms with E-state index in [0.29, 0.717) is 23.8 Å². The van der Waals surface area contributed by atoms with Gasteiger partial charge in [0.05, 0.1) is 17.2 Å². The minimum atomic E-state index is -0.575. The monoisotopic (exact) mass is 359 g/mol. The largest absolute Gasteiger partial charge is 0.487 e. The number of benzene rings is 1. The summed E-state index contributed by atoms with van der Waals surface area (Å²) in [6.07, 6.45) is 5.09. The van der Waals surface area contributed by atoms with E-state index in [1.807, 2.05) is 0 Å². The molecular formula is C18H21N3O3S. The van der Waals surface area contributed by atoms with E-state index in [4.69, 9.17) is 10.5 Å². The van der Waals surface area contributed by atoms with Crippen molar-refractivity contribution >= 4 is 23.2 Å². The van der Waals surface area contributed by atoms with Crippen molar-refractivity contribution in [1.82, 2.24) is 10.3 Å². The Morgan fingerprint density at radius 1 is 1.24 bits per heavy atom. The molecule has 0 bridgehead atoms. The highest BCUT2D eigenvalue weighted by Gasteiger charge is 2.20. The number of primary amides is 1. The number of rotatable bonds is 7. The molecule has 1 heterocycles. The molecule has 0 spiro atoms. The van der Waals surface area contributed by atoms with Crippen molar-refractivity contribution < 1.29 is 14.3 Å². The van der Waals surface area contributed by atoms with Gasteiger partial charge in [0.25, 0.3) is 5.91 Å². The van der Waals surface area contributed by atoms with Gasteiger partial charge in [-0.1, -0.05) is 12.8 Å². The normalized spacial score (nSPS) is 14.4. The van der Waals surface area contributed by atoms with Crippen molar-refractivity contribution in [1.29, 1.82) is 0 Å². The number of carbonyl (C=O) groups is 2. The van der Waals surface area contributed by atoms with E-state index < -0.39 is 5.91 Å². The SMILES string of the molecule is NC(=O)CNC(=O)c1ccc(OCc2csc(C3CCCC3)n2)cc1. The van der Waals surface area contributed by atoms with Crippen molar-refractivity contribution in [3.8, 4) is 5.75 Å². The lowest BCUT2D eigenvalue weighted by Gasteiger charge is -2.07. The Hall–Kier alpha value is -2.41. The Labute approximate surface area is 150 Å². The predicted molar refractivity (Wildman–Crippen MR) is 95.6 cm³/mol. The highest BCUT2D eigenvalue weighted by molar-refractivity contribution is 7.09. The topological polar surface area (TPSA) is 94.3 Å². The van der Waals surface area contributed by atoms with Crippen LogP contribution in [0.2, 0.25) is 0 Å². The van der Waals surface area contributed by atoms with E-state index in [2.05, 4.69) is 15.7 Å². The summed E-state index contributed by atoms with van der Waals surface area (Å²) in [4.78, 5) is 27.2. The summed E-state index contributed by atoms with van der Waals surface area (Å²) in [5.74, 6) is 0.374. The molecular weight excluding hydrogens is 338 g/mol. The number of nitrogens with one attached hydrogen (secondary N) is 1. The first-order valence-electron chi connectivity index (χ1n) is 8.35. The van der Waals surface area contributed by atoms with Gasteiger partial charge in [-0.3, -0.25) is 9.59 Å². The summed E-state index contributed by atoms with van der Waals surface area (Å²) in [6.45, 7) is 0.237. The Kier molecular flexibility index (Phi) is 5.65. The highest BCUT2D eigenvalue weighted by Crippen LogP contribution is 2.35.